The van der Waals surface area contributed by atoms with Crippen molar-refractivity contribution in [3.63, 3.8) is 0 Å². The van der Waals surface area contributed by atoms with Crippen LogP contribution in [0.15, 0.2) is 0 Å². The Hall–Kier alpha value is -0.0800. The van der Waals surface area contributed by atoms with Gasteiger partial charge in [0, 0.05) is 25.3 Å². The van der Waals surface area contributed by atoms with Crippen LogP contribution in [0.5, 0.6) is 0 Å². The monoisotopic (exact) mass is 185 g/mol. The van der Waals surface area contributed by atoms with E-state index in [2.05, 4.69) is 32.7 Å². The fourth-order valence-electron chi connectivity index (χ4n) is 1.90. The van der Waals surface area contributed by atoms with Gasteiger partial charge < -0.3 is 9.64 Å². The highest BCUT2D eigenvalue weighted by Gasteiger charge is 2.23. The van der Waals surface area contributed by atoms with E-state index in [1.165, 1.54) is 12.8 Å². The number of hydrogen-bond donors (Lipinski definition) is 0. The number of hydrogen-bond acceptors (Lipinski definition) is 2. The zero-order valence-corrected chi connectivity index (χ0v) is 9.42. The van der Waals surface area contributed by atoms with Gasteiger partial charge in [-0.2, -0.15) is 0 Å². The summed E-state index contributed by atoms with van der Waals surface area (Å²) in [5.74, 6) is 0.743. The van der Waals surface area contributed by atoms with E-state index in [1.807, 2.05) is 0 Å². The second-order valence-electron chi connectivity index (χ2n) is 4.49. The maximum absolute atomic E-state index is 5.36. The molecule has 0 radical (unpaired) electrons. The summed E-state index contributed by atoms with van der Waals surface area (Å²) in [6.45, 7) is 8.79. The predicted octanol–water partition coefficient (Wildman–Crippen LogP) is 2.14. The van der Waals surface area contributed by atoms with Crippen LogP contribution < -0.4 is 0 Å². The summed E-state index contributed by atoms with van der Waals surface area (Å²) in [6.07, 6.45) is 2.40. The minimum Gasteiger partial charge on any atom is -0.381 e. The number of rotatable bonds is 3. The summed E-state index contributed by atoms with van der Waals surface area (Å²) in [4.78, 5) is 2.52. The van der Waals surface area contributed by atoms with E-state index in [9.17, 15) is 0 Å². The molecule has 1 heterocycles. The number of ether oxygens (including phenoxy) is 1. The first-order valence-electron chi connectivity index (χ1n) is 5.42. The van der Waals surface area contributed by atoms with Gasteiger partial charge in [-0.1, -0.05) is 13.8 Å². The van der Waals surface area contributed by atoms with Gasteiger partial charge in [0.15, 0.2) is 0 Å². The van der Waals surface area contributed by atoms with Crippen LogP contribution in [0.4, 0.5) is 0 Å². The largest absolute Gasteiger partial charge is 0.381 e. The van der Waals surface area contributed by atoms with Crippen LogP contribution in [-0.4, -0.2) is 37.2 Å². The molecule has 1 aliphatic rings. The van der Waals surface area contributed by atoms with Gasteiger partial charge in [0.2, 0.25) is 0 Å². The summed E-state index contributed by atoms with van der Waals surface area (Å²) in [7, 11) is 2.25. The first-order chi connectivity index (χ1) is 6.13. The average Bonchev–Trinajstić information content (AvgIpc) is 2.17. The highest BCUT2D eigenvalue weighted by atomic mass is 16.5. The van der Waals surface area contributed by atoms with Crippen molar-refractivity contribution in [3.8, 4) is 0 Å². The highest BCUT2D eigenvalue weighted by Crippen LogP contribution is 2.18. The summed E-state index contributed by atoms with van der Waals surface area (Å²) in [5.41, 5.74) is 0. The lowest BCUT2D eigenvalue weighted by Gasteiger charge is -2.37. The van der Waals surface area contributed by atoms with E-state index in [1.54, 1.807) is 0 Å². The van der Waals surface area contributed by atoms with Crippen LogP contribution in [0.25, 0.3) is 0 Å². The molecule has 0 aromatic carbocycles. The summed E-state index contributed by atoms with van der Waals surface area (Å²) in [6, 6.07) is 1.43. The predicted molar refractivity (Wildman–Crippen MR) is 55.9 cm³/mol. The van der Waals surface area contributed by atoms with Crippen molar-refractivity contribution in [1.29, 1.82) is 0 Å². The first-order valence-corrected chi connectivity index (χ1v) is 5.42. The van der Waals surface area contributed by atoms with E-state index in [4.69, 9.17) is 4.74 Å². The molecule has 0 spiro atoms. The lowest BCUT2D eigenvalue weighted by atomic mass is 10.00. The maximum Gasteiger partial charge on any atom is 0.0480 e. The molecule has 78 valence electrons. The molecule has 1 fully saturated rings. The van der Waals surface area contributed by atoms with Gasteiger partial charge in [-0.15, -0.1) is 0 Å². The first kappa shape index (κ1) is 11.0. The average molecular weight is 185 g/mol. The van der Waals surface area contributed by atoms with Crippen LogP contribution in [0.1, 0.15) is 33.6 Å². The maximum atomic E-state index is 5.36. The molecule has 2 nitrogen and oxygen atoms in total. The van der Waals surface area contributed by atoms with Crippen molar-refractivity contribution in [1.82, 2.24) is 4.90 Å². The molecule has 1 rings (SSSR count). The molecular formula is C11H23NO. The standard InChI is InChI=1S/C11H23NO/c1-9(2)10(3)12(4)11-5-7-13-8-6-11/h9-11H,5-8H2,1-4H3. The Bertz CT molecular complexity index is 141. The van der Waals surface area contributed by atoms with Crippen molar-refractivity contribution in [2.45, 2.75) is 45.7 Å². The Kier molecular flexibility index (Phi) is 4.20. The third kappa shape index (κ3) is 2.96. The molecule has 13 heavy (non-hydrogen) atoms. The van der Waals surface area contributed by atoms with E-state index in [0.717, 1.165) is 25.2 Å². The smallest absolute Gasteiger partial charge is 0.0480 e. The highest BCUT2D eigenvalue weighted by molar-refractivity contribution is 4.77. The Balaban J connectivity index is 2.40. The molecule has 0 bridgehead atoms. The molecule has 1 aliphatic heterocycles. The fraction of sp³-hybridized carbons (Fsp3) is 1.00. The molecule has 1 unspecified atom stereocenters. The third-order valence-electron chi connectivity index (χ3n) is 3.37. The summed E-state index contributed by atoms with van der Waals surface area (Å²) >= 11 is 0. The zero-order chi connectivity index (χ0) is 9.84. The van der Waals surface area contributed by atoms with Crippen LogP contribution in [0, 0.1) is 5.92 Å². The van der Waals surface area contributed by atoms with Gasteiger partial charge in [0.1, 0.15) is 0 Å². The molecule has 0 aliphatic carbocycles. The van der Waals surface area contributed by atoms with Crippen molar-refractivity contribution < 1.29 is 4.74 Å². The molecule has 0 amide bonds. The van der Waals surface area contributed by atoms with Crippen molar-refractivity contribution >= 4 is 0 Å². The van der Waals surface area contributed by atoms with Gasteiger partial charge in [-0.3, -0.25) is 0 Å². The van der Waals surface area contributed by atoms with Crippen LogP contribution >= 0.6 is 0 Å². The van der Waals surface area contributed by atoms with Gasteiger partial charge in [-0.05, 0) is 32.7 Å². The van der Waals surface area contributed by atoms with Crippen LogP contribution in [-0.2, 0) is 4.74 Å². The molecule has 0 aromatic rings. The van der Waals surface area contributed by atoms with Crippen molar-refractivity contribution in [3.05, 3.63) is 0 Å². The Morgan fingerprint density at radius 1 is 1.15 bits per heavy atom. The quantitative estimate of drug-likeness (QED) is 0.668. The molecular weight excluding hydrogens is 162 g/mol. The minimum atomic E-state index is 0.683. The van der Waals surface area contributed by atoms with Crippen LogP contribution in [0.3, 0.4) is 0 Å². The number of nitrogens with zero attached hydrogens (tertiary/aromatic N) is 1. The third-order valence-corrected chi connectivity index (χ3v) is 3.37. The summed E-state index contributed by atoms with van der Waals surface area (Å²) in [5, 5.41) is 0. The van der Waals surface area contributed by atoms with Gasteiger partial charge in [0.05, 0.1) is 0 Å². The molecule has 1 atom stereocenters. The second-order valence-corrected chi connectivity index (χ2v) is 4.49. The lowest BCUT2D eigenvalue weighted by Crippen LogP contribution is -2.44. The Morgan fingerprint density at radius 3 is 2.15 bits per heavy atom. The molecule has 2 heteroatoms. The van der Waals surface area contributed by atoms with Gasteiger partial charge in [0.25, 0.3) is 0 Å². The van der Waals surface area contributed by atoms with Crippen molar-refractivity contribution in [2.24, 2.45) is 5.92 Å². The fourth-order valence-corrected chi connectivity index (χ4v) is 1.90. The molecule has 0 saturated carbocycles. The van der Waals surface area contributed by atoms with E-state index < -0.39 is 0 Å². The molecule has 0 aromatic heterocycles. The SMILES string of the molecule is CC(C)C(C)N(C)C1CCOCC1. The van der Waals surface area contributed by atoms with Gasteiger partial charge in [-0.25, -0.2) is 0 Å². The minimum absolute atomic E-state index is 0.683. The van der Waals surface area contributed by atoms with Crippen LogP contribution in [0.2, 0.25) is 0 Å². The van der Waals surface area contributed by atoms with Crippen molar-refractivity contribution in [2.75, 3.05) is 20.3 Å². The summed E-state index contributed by atoms with van der Waals surface area (Å²) < 4.78 is 5.36. The zero-order valence-electron chi connectivity index (χ0n) is 9.42. The molecule has 0 N–H and O–H groups in total. The Morgan fingerprint density at radius 2 is 1.69 bits per heavy atom. The van der Waals surface area contributed by atoms with Gasteiger partial charge >= 0.3 is 0 Å². The normalized spacial score (nSPS) is 22.6. The topological polar surface area (TPSA) is 12.5 Å². The second kappa shape index (κ2) is 4.97. The molecule has 1 saturated heterocycles. The van der Waals surface area contributed by atoms with E-state index in [0.29, 0.717) is 6.04 Å². The van der Waals surface area contributed by atoms with E-state index in [-0.39, 0.29) is 0 Å². The Labute approximate surface area is 82.3 Å². The van der Waals surface area contributed by atoms with E-state index >= 15 is 0 Å². The lowest BCUT2D eigenvalue weighted by molar-refractivity contribution is 0.0239.